The number of anilines is 1. The number of aromatic nitrogens is 6. The summed E-state index contributed by atoms with van der Waals surface area (Å²) in [6, 6.07) is 2.98. The van der Waals surface area contributed by atoms with Crippen LogP contribution in [0.2, 0.25) is 0 Å². The molecule has 1 spiro atoms. The lowest BCUT2D eigenvalue weighted by Crippen LogP contribution is -2.64. The molecule has 4 aromatic rings. The third-order valence-electron chi connectivity index (χ3n) is 10.7. The van der Waals surface area contributed by atoms with Crippen molar-refractivity contribution in [2.45, 2.75) is 69.6 Å². The van der Waals surface area contributed by atoms with Gasteiger partial charge in [0.25, 0.3) is 11.5 Å². The Balaban J connectivity index is 1.16. The van der Waals surface area contributed by atoms with Gasteiger partial charge in [-0.2, -0.15) is 22.7 Å². The number of carbonyl (C=O) groups is 2. The fourth-order valence-corrected chi connectivity index (χ4v) is 8.81. The third-order valence-corrected chi connectivity index (χ3v) is 11.0. The Labute approximate surface area is 273 Å². The number of amides is 2. The first kappa shape index (κ1) is 30.0. The molecular formula is C31H28BrF3N8O4. The van der Waals surface area contributed by atoms with E-state index in [4.69, 9.17) is 0 Å². The molecule has 4 heterocycles. The Morgan fingerprint density at radius 1 is 1.17 bits per heavy atom. The van der Waals surface area contributed by atoms with Crippen LogP contribution >= 0.6 is 15.9 Å². The van der Waals surface area contributed by atoms with Crippen LogP contribution in [0.1, 0.15) is 70.2 Å². The second-order valence-electron chi connectivity index (χ2n) is 13.0. The van der Waals surface area contributed by atoms with E-state index in [1.54, 1.807) is 16.4 Å². The minimum absolute atomic E-state index is 0.0100. The van der Waals surface area contributed by atoms with Crippen molar-refractivity contribution in [2.24, 2.45) is 11.8 Å². The molecule has 0 bridgehead atoms. The van der Waals surface area contributed by atoms with Gasteiger partial charge in [-0.1, -0.05) is 0 Å². The predicted octanol–water partition coefficient (Wildman–Crippen LogP) is 4.10. The zero-order chi connectivity index (χ0) is 33.2. The van der Waals surface area contributed by atoms with E-state index in [0.717, 1.165) is 37.1 Å². The Morgan fingerprint density at radius 3 is 2.66 bits per heavy atom. The number of hydrogen-bond acceptors (Lipinski definition) is 8. The van der Waals surface area contributed by atoms with Gasteiger partial charge in [0.15, 0.2) is 11.4 Å². The average Bonchev–Trinajstić information content (AvgIpc) is 3.62. The molecule has 5 atom stereocenters. The summed E-state index contributed by atoms with van der Waals surface area (Å²) in [7, 11) is 0. The van der Waals surface area contributed by atoms with Crippen molar-refractivity contribution in [3.63, 3.8) is 0 Å². The fraction of sp³-hybridized carbons (Fsp3) is 0.452. The van der Waals surface area contributed by atoms with Crippen LogP contribution in [-0.4, -0.2) is 63.5 Å². The zero-order valence-corrected chi connectivity index (χ0v) is 26.8. The van der Waals surface area contributed by atoms with Crippen molar-refractivity contribution in [2.75, 3.05) is 11.9 Å². The number of hydrogen-bond donors (Lipinski definition) is 2. The van der Waals surface area contributed by atoms with Crippen LogP contribution < -0.4 is 10.9 Å². The van der Waals surface area contributed by atoms with Crippen LogP contribution in [0.15, 0.2) is 34.1 Å². The Morgan fingerprint density at radius 2 is 1.96 bits per heavy atom. The molecule has 2 N–H and O–H groups in total. The van der Waals surface area contributed by atoms with Gasteiger partial charge in [-0.05, 0) is 91.1 Å². The van der Waals surface area contributed by atoms with Crippen LogP contribution in [0.3, 0.4) is 0 Å². The maximum atomic E-state index is 14.3. The van der Waals surface area contributed by atoms with Gasteiger partial charge in [-0.25, -0.2) is 9.97 Å². The average molecular weight is 714 g/mol. The summed E-state index contributed by atoms with van der Waals surface area (Å²) in [5, 5.41) is 17.6. The molecule has 2 saturated carbocycles. The molecule has 47 heavy (non-hydrogen) atoms. The largest absolute Gasteiger partial charge is 0.504 e. The van der Waals surface area contributed by atoms with Crippen molar-refractivity contribution >= 4 is 39.2 Å². The van der Waals surface area contributed by atoms with Crippen LogP contribution in [0.4, 0.5) is 18.9 Å². The normalized spacial score (nSPS) is 25.7. The molecule has 0 radical (unpaired) electrons. The van der Waals surface area contributed by atoms with Crippen molar-refractivity contribution in [3.05, 3.63) is 73.4 Å². The number of halogens is 4. The molecule has 12 nitrogen and oxygen atoms in total. The van der Waals surface area contributed by atoms with Crippen LogP contribution in [-0.2, 0) is 22.9 Å². The minimum atomic E-state index is -4.51. The summed E-state index contributed by atoms with van der Waals surface area (Å²) in [6.45, 7) is 3.22. The molecular weight excluding hydrogens is 685 g/mol. The molecule has 8 rings (SSSR count). The number of benzene rings is 1. The van der Waals surface area contributed by atoms with Crippen LogP contribution in [0.5, 0.6) is 5.75 Å². The van der Waals surface area contributed by atoms with Gasteiger partial charge >= 0.3 is 6.18 Å². The number of rotatable bonds is 4. The maximum Gasteiger partial charge on any atom is 0.416 e. The summed E-state index contributed by atoms with van der Waals surface area (Å²) in [5.74, 6) is -0.770. The van der Waals surface area contributed by atoms with E-state index >= 15 is 0 Å². The Bertz CT molecular complexity index is 2100. The van der Waals surface area contributed by atoms with E-state index in [-0.39, 0.29) is 75.0 Å². The van der Waals surface area contributed by atoms with Crippen molar-refractivity contribution in [1.29, 1.82) is 0 Å². The standard InChI is InChI=1S/C31H28BrF3N8O4/c1-13-9-15(31(33,34)35)3-5-19(13)38-21(44)11-42-24-16-10-18(16)30(22(24)26(46)43-29(42)39-28(32)40-43)7-8-41(20-6-4-17(20)30)27(47)23-25(45)14(2)36-12-37-23/h3,5,9,12,16-18,20,45H,4,6-8,10-11H2,1-2H3,(H,38,44)/t16-,17+,18+,20-,30-/m0/s1. The summed E-state index contributed by atoms with van der Waals surface area (Å²) in [4.78, 5) is 55.6. The van der Waals surface area contributed by atoms with Gasteiger partial charge in [0.2, 0.25) is 16.4 Å². The van der Waals surface area contributed by atoms with E-state index in [1.807, 2.05) is 0 Å². The molecule has 2 amide bonds. The summed E-state index contributed by atoms with van der Waals surface area (Å²) in [6.07, 6.45) is -0.360. The van der Waals surface area contributed by atoms with E-state index < -0.39 is 23.1 Å². The number of fused-ring (bicyclic) bond motifs is 8. The van der Waals surface area contributed by atoms with Gasteiger partial charge < -0.3 is 19.9 Å². The monoisotopic (exact) mass is 712 g/mol. The van der Waals surface area contributed by atoms with Gasteiger partial charge in [-0.3, -0.25) is 14.4 Å². The highest BCUT2D eigenvalue weighted by atomic mass is 79.9. The van der Waals surface area contributed by atoms with Gasteiger partial charge in [0, 0.05) is 40.9 Å². The second-order valence-corrected chi connectivity index (χ2v) is 13.7. The molecule has 3 fully saturated rings. The van der Waals surface area contributed by atoms with Gasteiger partial charge in [0.05, 0.1) is 11.3 Å². The number of likely N-dealkylation sites (tertiary alicyclic amines) is 1. The topological polar surface area (TPSA) is 148 Å². The fourth-order valence-electron chi connectivity index (χ4n) is 8.49. The van der Waals surface area contributed by atoms with E-state index in [9.17, 15) is 32.7 Å². The van der Waals surface area contributed by atoms with Crippen LogP contribution in [0, 0.1) is 25.7 Å². The highest BCUT2D eigenvalue weighted by Crippen LogP contribution is 2.72. The number of carbonyl (C=O) groups excluding carboxylic acids is 2. The second kappa shape index (κ2) is 10.1. The molecule has 3 aliphatic carbocycles. The highest BCUT2D eigenvalue weighted by molar-refractivity contribution is 9.10. The molecule has 16 heteroatoms. The van der Waals surface area contributed by atoms with Crippen molar-refractivity contribution < 1.29 is 27.9 Å². The number of alkyl halides is 3. The molecule has 0 unspecified atom stereocenters. The molecule has 1 aromatic carbocycles. The third kappa shape index (κ3) is 4.29. The summed E-state index contributed by atoms with van der Waals surface area (Å²) < 4.78 is 42.7. The number of aromatic hydroxyl groups is 1. The SMILES string of the molecule is Cc1cc(C(F)(F)F)ccc1NC(=O)Cn1c2c(c(=O)n3nc(Br)nc13)[C@]1(CCN(C(=O)c3ncnc(C)c3O)[C@H]3CC[C@H]31)[C@@H]1C[C@H]21. The highest BCUT2D eigenvalue weighted by Gasteiger charge is 2.70. The van der Waals surface area contributed by atoms with E-state index in [1.165, 1.54) is 23.8 Å². The minimum Gasteiger partial charge on any atom is -0.504 e. The Hall–Kier alpha value is -4.34. The first-order valence-corrected chi connectivity index (χ1v) is 16.1. The van der Waals surface area contributed by atoms with Crippen molar-refractivity contribution in [3.8, 4) is 5.75 Å². The summed E-state index contributed by atoms with van der Waals surface area (Å²) >= 11 is 3.27. The zero-order valence-electron chi connectivity index (χ0n) is 25.2. The first-order valence-electron chi connectivity index (χ1n) is 15.3. The Kier molecular flexibility index (Phi) is 6.44. The molecule has 3 aromatic heterocycles. The lowest BCUT2D eigenvalue weighted by molar-refractivity contribution is -0.137. The smallest absolute Gasteiger partial charge is 0.416 e. The number of nitrogens with one attached hydrogen (secondary N) is 1. The lowest BCUT2D eigenvalue weighted by atomic mass is 9.54. The molecule has 1 saturated heterocycles. The van der Waals surface area contributed by atoms with E-state index in [2.05, 4.69) is 41.3 Å². The van der Waals surface area contributed by atoms with Crippen molar-refractivity contribution in [1.82, 2.24) is 34.0 Å². The van der Waals surface area contributed by atoms with E-state index in [0.29, 0.717) is 24.2 Å². The lowest BCUT2D eigenvalue weighted by Gasteiger charge is -2.58. The molecule has 1 aliphatic heterocycles. The molecule has 4 aliphatic rings. The van der Waals surface area contributed by atoms with Crippen LogP contribution in [0.25, 0.3) is 5.78 Å². The number of piperidine rings is 1. The maximum absolute atomic E-state index is 14.3. The quantitative estimate of drug-likeness (QED) is 0.322. The number of aryl methyl sites for hydroxylation is 2. The molecule has 244 valence electrons. The van der Waals surface area contributed by atoms with Gasteiger partial charge in [-0.15, -0.1) is 5.10 Å². The number of nitrogens with zero attached hydrogens (tertiary/aromatic N) is 7. The first-order chi connectivity index (χ1) is 22.3. The van der Waals surface area contributed by atoms with Gasteiger partial charge in [0.1, 0.15) is 12.9 Å². The predicted molar refractivity (Wildman–Crippen MR) is 163 cm³/mol. The summed E-state index contributed by atoms with van der Waals surface area (Å²) in [5.41, 5.74) is 0.481.